The lowest BCUT2D eigenvalue weighted by atomic mass is 9.42. The zero-order chi connectivity index (χ0) is 42.9. The Balaban J connectivity index is 1.08. The highest BCUT2D eigenvalue weighted by Crippen LogP contribution is 2.92. The molecule has 24 unspecified atom stereocenters. The molecule has 17 aliphatic rings. The van der Waals surface area contributed by atoms with Gasteiger partial charge in [-0.1, -0.05) is 19.9 Å². The van der Waals surface area contributed by atoms with E-state index in [4.69, 9.17) is 9.47 Å². The molecule has 24 atom stereocenters. The van der Waals surface area contributed by atoms with E-state index in [-0.39, 0.29) is 18.2 Å². The van der Waals surface area contributed by atoms with Gasteiger partial charge in [-0.15, -0.1) is 0 Å². The topological polar surface area (TPSA) is 57.5 Å². The van der Waals surface area contributed by atoms with E-state index in [1.807, 2.05) is 0 Å². The highest BCUT2D eigenvalue weighted by molar-refractivity contribution is 6.61. The molecule has 9 aromatic carbocycles. The number of rotatable bonds is 5. The predicted octanol–water partition coefficient (Wildman–Crippen LogP) is 9.75. The normalized spacial score (nSPS) is 48.6. The lowest BCUT2D eigenvalue weighted by Crippen LogP contribution is -2.58. The Labute approximate surface area is 391 Å². The van der Waals surface area contributed by atoms with Crippen molar-refractivity contribution in [1.29, 1.82) is 0 Å². The molecule has 0 aliphatic heterocycles. The monoisotopic (exact) mass is 887 g/mol. The van der Waals surface area contributed by atoms with Gasteiger partial charge in [-0.2, -0.15) is 0 Å². The van der Waals surface area contributed by atoms with Gasteiger partial charge < -0.3 is 9.47 Å². The van der Waals surface area contributed by atoms with Crippen LogP contribution in [0.5, 0.6) is 0 Å². The molecule has 8 saturated carbocycles. The fraction of sp³-hybridized carbons (Fsp3) is 0.469. The summed E-state index contributed by atoms with van der Waals surface area (Å²) in [4.78, 5) is 34.1. The first-order chi connectivity index (χ1) is 34.1. The van der Waals surface area contributed by atoms with Crippen molar-refractivity contribution in [2.75, 3.05) is 20.3 Å². The third-order valence-corrected chi connectivity index (χ3v) is 28.6. The van der Waals surface area contributed by atoms with Crippen LogP contribution in [0.1, 0.15) is 93.1 Å². The van der Waals surface area contributed by atoms with Crippen LogP contribution in [0.3, 0.4) is 0 Å². The van der Waals surface area contributed by atoms with Gasteiger partial charge in [0.05, 0.1) is 23.9 Å². The molecular weight excluding hydrogens is 847 g/mol. The number of hydrogen-bond acceptors (Lipinski definition) is 4. The SMILES string of the molecule is COCCOCn1c2c3c4c5c6c7c8cc9c%10c%11c%12c%13c%14c%15c(c%16c%13c%13c%11c9c7c7c6c3c(c1=O)c%16c%137)C(=O)C1=C3C=2C2C4C4C5C8C(C)C5C6C(C)C7C(C=%10)C%12C%14C8C(C1%15)C1C3C2C(C45)C6C1C78. The molecule has 0 spiro atoms. The molecule has 5 nitrogen and oxygen atoms in total. The molecule has 8 fully saturated rings. The number of hydrogen-bond donors (Lipinski definition) is 0. The number of nitrogens with zero attached hydrogens (tertiary/aromatic N) is 1. The Bertz CT molecular complexity index is 4930. The predicted molar refractivity (Wildman–Crippen MR) is 262 cm³/mol. The first-order valence-corrected chi connectivity index (χ1v) is 27.9. The number of carbonyl (C=O) groups excluding carboxylic acids is 1. The van der Waals surface area contributed by atoms with E-state index >= 15 is 9.59 Å². The molecule has 18 bridgehead atoms. The number of allylic oxidation sites excluding steroid dienone is 2. The first kappa shape index (κ1) is 31.3. The summed E-state index contributed by atoms with van der Waals surface area (Å²) in [6, 6.07) is 2.90. The minimum Gasteiger partial charge on any atom is -0.382 e. The average molecular weight is 888 g/mol. The number of ketones is 1. The van der Waals surface area contributed by atoms with E-state index < -0.39 is 0 Å². The molecule has 5 heteroatoms. The first-order valence-electron chi connectivity index (χ1n) is 27.9. The van der Waals surface area contributed by atoms with Crippen LogP contribution in [-0.4, -0.2) is 30.7 Å². The van der Waals surface area contributed by atoms with Crippen LogP contribution in [0.2, 0.25) is 0 Å². The third-order valence-electron chi connectivity index (χ3n) is 28.6. The van der Waals surface area contributed by atoms with Crippen LogP contribution in [0, 0.1) is 107 Å². The molecule has 69 heavy (non-hydrogen) atoms. The quantitative estimate of drug-likeness (QED) is 0.0982. The van der Waals surface area contributed by atoms with Gasteiger partial charge >= 0.3 is 0 Å². The molecule has 1 heterocycles. The number of benzene rings is 6. The Morgan fingerprint density at radius 1 is 0.478 bits per heavy atom. The van der Waals surface area contributed by atoms with Crippen LogP contribution >= 0.6 is 0 Å². The number of aromatic nitrogens is 1. The lowest BCUT2D eigenvalue weighted by molar-refractivity contribution is -0.123. The molecule has 0 radical (unpaired) electrons. The number of methoxy groups -OCH3 is 1. The molecule has 0 saturated heterocycles. The van der Waals surface area contributed by atoms with E-state index in [1.54, 1.807) is 83.4 Å². The Morgan fingerprint density at radius 2 is 1.13 bits per heavy atom. The second-order valence-corrected chi connectivity index (χ2v) is 28.1. The van der Waals surface area contributed by atoms with Crippen molar-refractivity contribution in [3.8, 4) is 0 Å². The smallest absolute Gasteiger partial charge is 0.261 e. The summed E-state index contributed by atoms with van der Waals surface area (Å²) in [6.07, 6.45) is 3.03. The maximum Gasteiger partial charge on any atom is 0.261 e. The van der Waals surface area contributed by atoms with Gasteiger partial charge in [0.1, 0.15) is 6.73 Å². The summed E-state index contributed by atoms with van der Waals surface area (Å²) >= 11 is 0. The number of Topliss-reactive ketones (excluding diaryl/α,β-unsaturated/α-hetero) is 1. The van der Waals surface area contributed by atoms with E-state index in [1.165, 1.54) is 75.9 Å². The van der Waals surface area contributed by atoms with E-state index in [2.05, 4.69) is 30.6 Å². The Kier molecular flexibility index (Phi) is 3.65. The van der Waals surface area contributed by atoms with Gasteiger partial charge in [-0.05, 0) is 257 Å². The summed E-state index contributed by atoms with van der Waals surface area (Å²) < 4.78 is 14.6. The maximum absolute atomic E-state index is 17.2. The second-order valence-electron chi connectivity index (χ2n) is 28.1. The van der Waals surface area contributed by atoms with Crippen LogP contribution in [0.25, 0.3) is 109 Å². The van der Waals surface area contributed by atoms with Crippen LogP contribution in [-0.2, 0) is 16.2 Å². The molecule has 27 rings (SSSR count). The van der Waals surface area contributed by atoms with E-state index in [9.17, 15) is 0 Å². The van der Waals surface area contributed by atoms with E-state index in [0.29, 0.717) is 114 Å². The van der Waals surface area contributed by atoms with Crippen LogP contribution in [0.15, 0.2) is 22.0 Å². The summed E-state index contributed by atoms with van der Waals surface area (Å²) in [6.45, 7) is 6.93. The van der Waals surface area contributed by atoms with Gasteiger partial charge in [0.25, 0.3) is 5.56 Å². The summed E-state index contributed by atoms with van der Waals surface area (Å²) in [7, 11) is 1.76. The largest absolute Gasteiger partial charge is 0.382 e. The van der Waals surface area contributed by atoms with Crippen molar-refractivity contribution in [2.24, 2.45) is 107 Å². The Hall–Kier alpha value is -5.10. The molecule has 17 aliphatic carbocycles. The summed E-state index contributed by atoms with van der Waals surface area (Å²) in [5.74, 6) is 15.0. The molecule has 0 amide bonds. The number of carbonyl (C=O) groups is 1. The highest BCUT2D eigenvalue weighted by Gasteiger charge is 2.85. The van der Waals surface area contributed by atoms with Gasteiger partial charge in [-0.25, -0.2) is 0 Å². The zero-order valence-corrected chi connectivity index (χ0v) is 38.2. The van der Waals surface area contributed by atoms with Crippen molar-refractivity contribution >= 4 is 114 Å². The number of fused-ring (bicyclic) bond motifs is 8. The van der Waals surface area contributed by atoms with Crippen molar-refractivity contribution in [3.63, 3.8) is 0 Å². The second kappa shape index (κ2) is 8.06. The lowest BCUT2D eigenvalue weighted by Gasteiger charge is -2.62. The van der Waals surface area contributed by atoms with Crippen molar-refractivity contribution in [1.82, 2.24) is 4.57 Å². The average Bonchev–Trinajstić information content (AvgIpc) is 4.29. The minimum atomic E-state index is 0.141. The summed E-state index contributed by atoms with van der Waals surface area (Å²) in [5.41, 5.74) is 15.8. The van der Waals surface area contributed by atoms with Crippen molar-refractivity contribution in [3.05, 3.63) is 77.1 Å². The third kappa shape index (κ3) is 2.11. The highest BCUT2D eigenvalue weighted by atomic mass is 16.5. The molecule has 10 aromatic rings. The fourth-order valence-electron chi connectivity index (χ4n) is 29.4. The molecule has 326 valence electrons. The summed E-state index contributed by atoms with van der Waals surface area (Å²) in [5, 5.41) is 28.8. The van der Waals surface area contributed by atoms with Crippen LogP contribution in [0.4, 0.5) is 0 Å². The number of ether oxygens (including phenoxy) is 2. The van der Waals surface area contributed by atoms with Crippen molar-refractivity contribution < 1.29 is 14.3 Å². The maximum atomic E-state index is 17.2. The van der Waals surface area contributed by atoms with Gasteiger partial charge in [0.2, 0.25) is 0 Å². The zero-order valence-electron chi connectivity index (χ0n) is 38.2. The minimum absolute atomic E-state index is 0.141. The Morgan fingerprint density at radius 3 is 2.01 bits per heavy atom. The fourth-order valence-corrected chi connectivity index (χ4v) is 29.4. The molecule has 0 N–H and O–H groups in total. The number of pyridine rings is 1. The van der Waals surface area contributed by atoms with Crippen molar-refractivity contribution in [2.45, 2.75) is 56.1 Å². The standard InChI is InChI=1S/C64H41NO4/c1-9-15-13-6-11-12-7-14-16-10(2)18-17(9)25-32-23(15)34-30-21(13)28-19(11)27-20(12)29-22(14)31-35-24(16)33-26(18)36(25)43-47-42(32)44(34)52-51-40(30)38(28)45-37(27)46-39(29)41(31)56-58-49(35)48(33)50(43)57-55(47)60(52)63(66)59(51)53(45)54(46)61(56)64(67)65(62(57)58)8-69-5-4-68-3/h6-7,9-10,13,15-18,21,23-26,30,32-34,36,42-44,47-48,50,52H,4-5,8H2,1-3H3. The molecular formula is C64H41NO4. The van der Waals surface area contributed by atoms with Gasteiger partial charge in [0.15, 0.2) is 5.78 Å². The molecule has 1 aromatic heterocycles. The van der Waals surface area contributed by atoms with Crippen LogP contribution < -0.4 is 16.1 Å². The van der Waals surface area contributed by atoms with Gasteiger partial charge in [-0.3, -0.25) is 14.2 Å². The van der Waals surface area contributed by atoms with Gasteiger partial charge in [0, 0.05) is 51.1 Å². The van der Waals surface area contributed by atoms with E-state index in [0.717, 1.165) is 52.4 Å².